The highest BCUT2D eigenvalue weighted by atomic mass is 16.1. The SMILES string of the molecule is CCCC(=O)NCc1cccc(CN)c1. The van der Waals surface area contributed by atoms with Crippen molar-refractivity contribution in [1.82, 2.24) is 5.32 Å². The van der Waals surface area contributed by atoms with Crippen LogP contribution in [0.25, 0.3) is 0 Å². The molecule has 82 valence electrons. The van der Waals surface area contributed by atoms with Gasteiger partial charge in [0.2, 0.25) is 5.91 Å². The molecule has 0 aliphatic carbocycles. The topological polar surface area (TPSA) is 55.1 Å². The molecule has 3 N–H and O–H groups in total. The first-order valence-electron chi connectivity index (χ1n) is 5.31. The summed E-state index contributed by atoms with van der Waals surface area (Å²) in [4.78, 5) is 11.2. The van der Waals surface area contributed by atoms with Crippen LogP contribution in [0.15, 0.2) is 24.3 Å². The van der Waals surface area contributed by atoms with E-state index in [-0.39, 0.29) is 5.91 Å². The maximum absolute atomic E-state index is 11.2. The summed E-state index contributed by atoms with van der Waals surface area (Å²) in [6.45, 7) is 3.12. The smallest absolute Gasteiger partial charge is 0.220 e. The first-order chi connectivity index (χ1) is 7.26. The summed E-state index contributed by atoms with van der Waals surface area (Å²) in [7, 11) is 0. The molecule has 0 saturated carbocycles. The summed E-state index contributed by atoms with van der Waals surface area (Å²) in [6.07, 6.45) is 1.48. The van der Waals surface area contributed by atoms with Crippen LogP contribution in [0.2, 0.25) is 0 Å². The van der Waals surface area contributed by atoms with Crippen LogP contribution in [0.3, 0.4) is 0 Å². The number of amides is 1. The van der Waals surface area contributed by atoms with Crippen LogP contribution in [-0.2, 0) is 17.9 Å². The van der Waals surface area contributed by atoms with Crippen molar-refractivity contribution in [1.29, 1.82) is 0 Å². The molecule has 0 unspecified atom stereocenters. The summed E-state index contributed by atoms with van der Waals surface area (Å²) in [6, 6.07) is 7.96. The van der Waals surface area contributed by atoms with Crippen molar-refractivity contribution in [3.63, 3.8) is 0 Å². The number of carbonyl (C=O) groups is 1. The summed E-state index contributed by atoms with van der Waals surface area (Å²) in [5.41, 5.74) is 7.73. The van der Waals surface area contributed by atoms with Crippen molar-refractivity contribution in [3.05, 3.63) is 35.4 Å². The molecule has 1 aromatic rings. The second kappa shape index (κ2) is 6.19. The minimum absolute atomic E-state index is 0.107. The molecular weight excluding hydrogens is 188 g/mol. The van der Waals surface area contributed by atoms with Gasteiger partial charge in [0.25, 0.3) is 0 Å². The van der Waals surface area contributed by atoms with Crippen molar-refractivity contribution in [2.45, 2.75) is 32.9 Å². The minimum atomic E-state index is 0.107. The minimum Gasteiger partial charge on any atom is -0.352 e. The number of hydrogen-bond acceptors (Lipinski definition) is 2. The van der Waals surface area contributed by atoms with Crippen LogP contribution in [0.1, 0.15) is 30.9 Å². The zero-order chi connectivity index (χ0) is 11.1. The molecule has 0 aromatic heterocycles. The highest BCUT2D eigenvalue weighted by molar-refractivity contribution is 5.75. The Labute approximate surface area is 90.7 Å². The molecule has 1 rings (SSSR count). The van der Waals surface area contributed by atoms with Gasteiger partial charge in [-0.05, 0) is 17.5 Å². The lowest BCUT2D eigenvalue weighted by Gasteiger charge is -2.05. The van der Waals surface area contributed by atoms with Crippen LogP contribution < -0.4 is 11.1 Å². The molecule has 1 amide bonds. The van der Waals surface area contributed by atoms with Gasteiger partial charge in [0.05, 0.1) is 0 Å². The number of carbonyl (C=O) groups excluding carboxylic acids is 1. The second-order valence-corrected chi connectivity index (χ2v) is 3.55. The quantitative estimate of drug-likeness (QED) is 0.768. The van der Waals surface area contributed by atoms with Gasteiger partial charge in [-0.1, -0.05) is 31.2 Å². The molecule has 0 spiro atoms. The molecule has 0 fully saturated rings. The molecule has 0 saturated heterocycles. The highest BCUT2D eigenvalue weighted by Gasteiger charge is 1.99. The van der Waals surface area contributed by atoms with E-state index in [0.29, 0.717) is 19.5 Å². The third-order valence-corrected chi connectivity index (χ3v) is 2.19. The van der Waals surface area contributed by atoms with E-state index in [4.69, 9.17) is 5.73 Å². The Balaban J connectivity index is 2.46. The van der Waals surface area contributed by atoms with E-state index in [1.54, 1.807) is 0 Å². The molecule has 15 heavy (non-hydrogen) atoms. The number of nitrogens with two attached hydrogens (primary N) is 1. The molecule has 3 nitrogen and oxygen atoms in total. The lowest BCUT2D eigenvalue weighted by molar-refractivity contribution is -0.121. The zero-order valence-electron chi connectivity index (χ0n) is 9.12. The molecule has 1 aromatic carbocycles. The van der Waals surface area contributed by atoms with E-state index >= 15 is 0 Å². The summed E-state index contributed by atoms with van der Waals surface area (Å²) in [5, 5.41) is 2.87. The van der Waals surface area contributed by atoms with Crippen molar-refractivity contribution < 1.29 is 4.79 Å². The Hall–Kier alpha value is -1.35. The van der Waals surface area contributed by atoms with Gasteiger partial charge >= 0.3 is 0 Å². The van der Waals surface area contributed by atoms with Gasteiger partial charge in [-0.3, -0.25) is 4.79 Å². The molecule has 0 radical (unpaired) electrons. The van der Waals surface area contributed by atoms with E-state index in [9.17, 15) is 4.79 Å². The van der Waals surface area contributed by atoms with Crippen LogP contribution >= 0.6 is 0 Å². The lowest BCUT2D eigenvalue weighted by atomic mass is 10.1. The molecule has 3 heteroatoms. The standard InChI is InChI=1S/C12H18N2O/c1-2-4-12(15)14-9-11-6-3-5-10(7-11)8-13/h3,5-7H,2,4,8-9,13H2,1H3,(H,14,15). The number of hydrogen-bond donors (Lipinski definition) is 2. The van der Waals surface area contributed by atoms with Crippen LogP contribution in [0.4, 0.5) is 0 Å². The van der Waals surface area contributed by atoms with Crippen molar-refractivity contribution >= 4 is 5.91 Å². The maximum atomic E-state index is 11.2. The third-order valence-electron chi connectivity index (χ3n) is 2.19. The average molecular weight is 206 g/mol. The Morgan fingerprint density at radius 2 is 2.13 bits per heavy atom. The van der Waals surface area contributed by atoms with E-state index in [2.05, 4.69) is 5.32 Å². The molecule has 0 aliphatic heterocycles. The van der Waals surface area contributed by atoms with Gasteiger partial charge in [-0.15, -0.1) is 0 Å². The monoisotopic (exact) mass is 206 g/mol. The summed E-state index contributed by atoms with van der Waals surface area (Å²) < 4.78 is 0. The predicted molar refractivity (Wildman–Crippen MR) is 61.1 cm³/mol. The highest BCUT2D eigenvalue weighted by Crippen LogP contribution is 2.04. The van der Waals surface area contributed by atoms with Gasteiger partial charge in [-0.25, -0.2) is 0 Å². The zero-order valence-corrected chi connectivity index (χ0v) is 9.12. The first-order valence-corrected chi connectivity index (χ1v) is 5.31. The van der Waals surface area contributed by atoms with Crippen LogP contribution in [0, 0.1) is 0 Å². The normalized spacial score (nSPS) is 10.0. The van der Waals surface area contributed by atoms with Gasteiger partial charge < -0.3 is 11.1 Å². The molecular formula is C12H18N2O. The molecule has 0 aliphatic rings. The Bertz CT molecular complexity index is 323. The van der Waals surface area contributed by atoms with Gasteiger partial charge in [0.15, 0.2) is 0 Å². The fraction of sp³-hybridized carbons (Fsp3) is 0.417. The van der Waals surface area contributed by atoms with Crippen molar-refractivity contribution in [2.75, 3.05) is 0 Å². The lowest BCUT2D eigenvalue weighted by Crippen LogP contribution is -2.22. The van der Waals surface area contributed by atoms with Crippen molar-refractivity contribution in [2.24, 2.45) is 5.73 Å². The molecule has 0 atom stereocenters. The fourth-order valence-electron chi connectivity index (χ4n) is 1.38. The molecule has 0 heterocycles. The Morgan fingerprint density at radius 1 is 1.40 bits per heavy atom. The van der Waals surface area contributed by atoms with Crippen molar-refractivity contribution in [3.8, 4) is 0 Å². The molecule has 0 bridgehead atoms. The van der Waals surface area contributed by atoms with E-state index in [1.807, 2.05) is 31.2 Å². The van der Waals surface area contributed by atoms with E-state index in [0.717, 1.165) is 17.5 Å². The summed E-state index contributed by atoms with van der Waals surface area (Å²) >= 11 is 0. The van der Waals surface area contributed by atoms with Gasteiger partial charge in [0.1, 0.15) is 0 Å². The van der Waals surface area contributed by atoms with E-state index in [1.165, 1.54) is 0 Å². The van der Waals surface area contributed by atoms with Gasteiger partial charge in [0, 0.05) is 19.5 Å². The third kappa shape index (κ3) is 4.13. The van der Waals surface area contributed by atoms with Crippen LogP contribution in [-0.4, -0.2) is 5.91 Å². The number of rotatable bonds is 5. The first kappa shape index (κ1) is 11.7. The summed E-state index contributed by atoms with van der Waals surface area (Å²) in [5.74, 6) is 0.107. The Morgan fingerprint density at radius 3 is 2.80 bits per heavy atom. The Kier molecular flexibility index (Phi) is 4.84. The van der Waals surface area contributed by atoms with Crippen LogP contribution in [0.5, 0.6) is 0 Å². The average Bonchev–Trinajstić information content (AvgIpc) is 2.27. The van der Waals surface area contributed by atoms with E-state index < -0.39 is 0 Å². The second-order valence-electron chi connectivity index (χ2n) is 3.55. The predicted octanol–water partition coefficient (Wildman–Crippen LogP) is 1.56. The number of nitrogens with one attached hydrogen (secondary N) is 1. The fourth-order valence-corrected chi connectivity index (χ4v) is 1.38. The van der Waals surface area contributed by atoms with Gasteiger partial charge in [-0.2, -0.15) is 0 Å². The maximum Gasteiger partial charge on any atom is 0.220 e. The number of benzene rings is 1. The largest absolute Gasteiger partial charge is 0.352 e.